The molecule has 0 aromatic carbocycles. The van der Waals surface area contributed by atoms with Crippen molar-refractivity contribution >= 4 is 17.8 Å². The number of amides is 3. The van der Waals surface area contributed by atoms with Gasteiger partial charge in [0, 0.05) is 31.4 Å². The summed E-state index contributed by atoms with van der Waals surface area (Å²) in [6.45, 7) is 2.81. The van der Waals surface area contributed by atoms with Crippen LogP contribution in [0.4, 0.5) is 10.6 Å². The standard InChI is InChI=1S/C26H31N9O3/c1-16(15-36)35-24(30-31-32-35)21-6-3-7-23(28-21)29-25(37)22-12-18-14-33(11-10-17(18)13-27-22)26(38)34-19-4-2-5-20(34)9-8-19/h3,6-7,12-13,16,19-20,36H,2,4-5,8-11,14-15H2,1H3,(H,28,29,37)/t16-,19-,20+/m1/s1. The number of urea groups is 1. The van der Waals surface area contributed by atoms with E-state index in [4.69, 9.17) is 0 Å². The highest BCUT2D eigenvalue weighted by Crippen LogP contribution is 2.37. The Morgan fingerprint density at radius 2 is 1.97 bits per heavy atom. The van der Waals surface area contributed by atoms with E-state index in [0.29, 0.717) is 42.5 Å². The van der Waals surface area contributed by atoms with Gasteiger partial charge in [-0.1, -0.05) is 6.07 Å². The van der Waals surface area contributed by atoms with E-state index in [2.05, 4.69) is 35.7 Å². The zero-order valence-corrected chi connectivity index (χ0v) is 21.3. The van der Waals surface area contributed by atoms with E-state index >= 15 is 0 Å². The minimum Gasteiger partial charge on any atom is -0.394 e. The molecule has 12 heteroatoms. The third-order valence-corrected chi connectivity index (χ3v) is 7.91. The molecule has 0 radical (unpaired) electrons. The molecule has 3 aliphatic heterocycles. The van der Waals surface area contributed by atoms with Crippen LogP contribution in [0.3, 0.4) is 0 Å². The van der Waals surface area contributed by atoms with Crippen LogP contribution in [-0.4, -0.2) is 82.3 Å². The Balaban J connectivity index is 1.17. The number of nitrogens with one attached hydrogen (secondary N) is 1. The molecule has 38 heavy (non-hydrogen) atoms. The first kappa shape index (κ1) is 24.4. The normalized spacial score (nSPS) is 21.2. The Bertz CT molecular complexity index is 1340. The fourth-order valence-electron chi connectivity index (χ4n) is 5.86. The van der Waals surface area contributed by atoms with Crippen LogP contribution in [0.5, 0.6) is 0 Å². The molecule has 2 bridgehead atoms. The highest BCUT2D eigenvalue weighted by Gasteiger charge is 2.41. The molecule has 3 aliphatic rings. The fourth-order valence-corrected chi connectivity index (χ4v) is 5.86. The molecule has 0 spiro atoms. The van der Waals surface area contributed by atoms with Crippen molar-refractivity contribution in [2.45, 2.75) is 70.1 Å². The lowest BCUT2D eigenvalue weighted by atomic mass is 10.00. The zero-order chi connectivity index (χ0) is 26.2. The molecule has 0 aliphatic carbocycles. The maximum atomic E-state index is 13.4. The third kappa shape index (κ3) is 4.49. The fraction of sp³-hybridized carbons (Fsp3) is 0.500. The number of carbonyl (C=O) groups excluding carboxylic acids is 2. The number of anilines is 1. The number of hydrogen-bond acceptors (Lipinski definition) is 8. The van der Waals surface area contributed by atoms with E-state index in [-0.39, 0.29) is 24.4 Å². The van der Waals surface area contributed by atoms with E-state index in [9.17, 15) is 14.7 Å². The Labute approximate surface area is 220 Å². The monoisotopic (exact) mass is 517 g/mol. The number of pyridine rings is 2. The number of aliphatic hydroxyl groups is 1. The largest absolute Gasteiger partial charge is 0.394 e. The summed E-state index contributed by atoms with van der Waals surface area (Å²) in [5.74, 6) is 0.329. The summed E-state index contributed by atoms with van der Waals surface area (Å²) in [4.78, 5) is 39.4. The molecule has 2 N–H and O–H groups in total. The van der Waals surface area contributed by atoms with E-state index in [0.717, 1.165) is 43.2 Å². The summed E-state index contributed by atoms with van der Waals surface area (Å²) in [6, 6.07) is 7.50. The number of carbonyl (C=O) groups is 2. The quantitative estimate of drug-likeness (QED) is 0.525. The average Bonchev–Trinajstić information content (AvgIpc) is 3.53. The van der Waals surface area contributed by atoms with Crippen molar-refractivity contribution in [1.29, 1.82) is 0 Å². The van der Waals surface area contributed by atoms with E-state index < -0.39 is 5.91 Å². The van der Waals surface area contributed by atoms with Gasteiger partial charge < -0.3 is 20.2 Å². The van der Waals surface area contributed by atoms with Gasteiger partial charge in [0.1, 0.15) is 17.2 Å². The van der Waals surface area contributed by atoms with Gasteiger partial charge in [-0.05, 0) is 85.2 Å². The lowest BCUT2D eigenvalue weighted by Crippen LogP contribution is -2.51. The summed E-state index contributed by atoms with van der Waals surface area (Å²) in [6.07, 6.45) is 8.10. The van der Waals surface area contributed by atoms with Crippen LogP contribution in [0.2, 0.25) is 0 Å². The van der Waals surface area contributed by atoms with Crippen LogP contribution in [0, 0.1) is 0 Å². The van der Waals surface area contributed by atoms with Gasteiger partial charge in [0.2, 0.25) is 5.82 Å². The van der Waals surface area contributed by atoms with Crippen molar-refractivity contribution in [2.24, 2.45) is 0 Å². The van der Waals surface area contributed by atoms with Crippen LogP contribution in [0.1, 0.15) is 66.7 Å². The molecule has 2 saturated heterocycles. The molecule has 6 rings (SSSR count). The first-order valence-electron chi connectivity index (χ1n) is 13.2. The van der Waals surface area contributed by atoms with Crippen molar-refractivity contribution in [3.05, 3.63) is 47.3 Å². The summed E-state index contributed by atoms with van der Waals surface area (Å²) in [5, 5.41) is 23.9. The number of hydrogen-bond donors (Lipinski definition) is 2. The molecule has 0 unspecified atom stereocenters. The lowest BCUT2D eigenvalue weighted by molar-refractivity contribution is 0.102. The highest BCUT2D eigenvalue weighted by molar-refractivity contribution is 6.02. The van der Waals surface area contributed by atoms with Gasteiger partial charge in [-0.25, -0.2) is 14.5 Å². The summed E-state index contributed by atoms with van der Waals surface area (Å²) < 4.78 is 1.49. The highest BCUT2D eigenvalue weighted by atomic mass is 16.3. The second kappa shape index (κ2) is 10.1. The van der Waals surface area contributed by atoms with E-state index in [1.54, 1.807) is 37.4 Å². The van der Waals surface area contributed by atoms with Crippen LogP contribution in [-0.2, 0) is 13.0 Å². The Hall–Kier alpha value is -3.93. The van der Waals surface area contributed by atoms with Crippen molar-refractivity contribution in [2.75, 3.05) is 18.5 Å². The van der Waals surface area contributed by atoms with Crippen LogP contribution in [0.25, 0.3) is 11.5 Å². The Morgan fingerprint density at radius 3 is 2.76 bits per heavy atom. The summed E-state index contributed by atoms with van der Waals surface area (Å²) >= 11 is 0. The Kier molecular flexibility index (Phi) is 6.48. The molecule has 198 valence electrons. The van der Waals surface area contributed by atoms with Gasteiger partial charge >= 0.3 is 6.03 Å². The third-order valence-electron chi connectivity index (χ3n) is 7.91. The summed E-state index contributed by atoms with van der Waals surface area (Å²) in [5.41, 5.74) is 2.75. The number of tetrazole rings is 1. The number of aromatic nitrogens is 6. The van der Waals surface area contributed by atoms with Crippen molar-refractivity contribution < 1.29 is 14.7 Å². The summed E-state index contributed by atoms with van der Waals surface area (Å²) in [7, 11) is 0. The number of nitrogens with zero attached hydrogens (tertiary/aromatic N) is 8. The van der Waals surface area contributed by atoms with Crippen molar-refractivity contribution in [1.82, 2.24) is 40.0 Å². The van der Waals surface area contributed by atoms with Crippen molar-refractivity contribution in [3.8, 4) is 11.5 Å². The van der Waals surface area contributed by atoms with Gasteiger partial charge in [0.05, 0.1) is 12.6 Å². The minimum absolute atomic E-state index is 0.124. The average molecular weight is 518 g/mol. The zero-order valence-electron chi connectivity index (χ0n) is 21.3. The maximum Gasteiger partial charge on any atom is 0.320 e. The molecular weight excluding hydrogens is 486 g/mol. The van der Waals surface area contributed by atoms with Gasteiger partial charge in [-0.2, -0.15) is 0 Å². The maximum absolute atomic E-state index is 13.4. The minimum atomic E-state index is -0.390. The van der Waals surface area contributed by atoms with Crippen LogP contribution < -0.4 is 5.32 Å². The smallest absolute Gasteiger partial charge is 0.320 e. The molecule has 3 amide bonds. The number of aliphatic hydroxyl groups excluding tert-OH is 1. The Morgan fingerprint density at radius 1 is 1.16 bits per heavy atom. The van der Waals surface area contributed by atoms with Crippen molar-refractivity contribution in [3.63, 3.8) is 0 Å². The van der Waals surface area contributed by atoms with Crippen LogP contribution in [0.15, 0.2) is 30.5 Å². The predicted molar refractivity (Wildman–Crippen MR) is 137 cm³/mol. The molecule has 3 aromatic heterocycles. The molecule has 2 fully saturated rings. The van der Waals surface area contributed by atoms with Crippen LogP contribution >= 0.6 is 0 Å². The molecule has 3 atom stereocenters. The molecule has 12 nitrogen and oxygen atoms in total. The van der Waals surface area contributed by atoms with E-state index in [1.807, 2.05) is 4.90 Å². The number of fused-ring (bicyclic) bond motifs is 3. The predicted octanol–water partition coefficient (Wildman–Crippen LogP) is 2.43. The SMILES string of the molecule is C[C@H](CO)n1nnnc1-c1cccc(NC(=O)c2cc3c(cn2)CCN(C(=O)N2[C@@H]4CCC[C@H]2CC4)C3)n1. The topological polar surface area (TPSA) is 142 Å². The second-order valence-electron chi connectivity index (χ2n) is 10.4. The molecule has 6 heterocycles. The van der Waals surface area contributed by atoms with Gasteiger partial charge in [0.25, 0.3) is 5.91 Å². The molecular formula is C26H31N9O3. The number of piperidine rings is 1. The first-order valence-corrected chi connectivity index (χ1v) is 13.2. The second-order valence-corrected chi connectivity index (χ2v) is 10.4. The molecule has 3 aromatic rings. The van der Waals surface area contributed by atoms with Gasteiger partial charge in [0.15, 0.2) is 0 Å². The first-order chi connectivity index (χ1) is 18.5. The number of rotatable bonds is 5. The van der Waals surface area contributed by atoms with E-state index in [1.165, 1.54) is 11.1 Å². The molecule has 0 saturated carbocycles. The van der Waals surface area contributed by atoms with Gasteiger partial charge in [-0.15, -0.1) is 5.10 Å². The van der Waals surface area contributed by atoms with Gasteiger partial charge in [-0.3, -0.25) is 9.78 Å². The lowest BCUT2D eigenvalue weighted by Gasteiger charge is -2.40.